The second-order valence-corrected chi connectivity index (χ2v) is 11.7. The van der Waals surface area contributed by atoms with Crippen molar-refractivity contribution in [3.05, 3.63) is 155 Å². The number of azo groups is 1. The third kappa shape index (κ3) is 5.23. The second-order valence-electron chi connectivity index (χ2n) is 11.7. The van der Waals surface area contributed by atoms with E-state index < -0.39 is 11.6 Å². The number of carbonyl (C=O) groups is 1. The highest BCUT2D eigenvalue weighted by Crippen LogP contribution is 2.58. The van der Waals surface area contributed by atoms with E-state index in [1.807, 2.05) is 54.6 Å². The summed E-state index contributed by atoms with van der Waals surface area (Å²) in [6.07, 6.45) is 3.49. The molecular formula is C38H28N6O5. The Morgan fingerprint density at radius 2 is 1.41 bits per heavy atom. The first-order valence-electron chi connectivity index (χ1n) is 15.5. The van der Waals surface area contributed by atoms with Gasteiger partial charge >= 0.3 is 5.97 Å². The Morgan fingerprint density at radius 1 is 0.714 bits per heavy atom. The summed E-state index contributed by atoms with van der Waals surface area (Å²) < 4.78 is 12.4. The van der Waals surface area contributed by atoms with Crippen molar-refractivity contribution in [2.75, 3.05) is 10.6 Å². The lowest BCUT2D eigenvalue weighted by molar-refractivity contribution is 0.0224. The quantitative estimate of drug-likeness (QED) is 0.0898. The number of nitrogen functional groups attached to an aromatic ring is 1. The number of esters is 1. The highest BCUT2D eigenvalue weighted by molar-refractivity contribution is 5.97. The fraction of sp³-hybridized carbons (Fsp3) is 0.0789. The summed E-state index contributed by atoms with van der Waals surface area (Å²) in [5, 5.41) is 30.6. The number of nitrogens with zero attached hydrogens (tertiary/aromatic N) is 5. The summed E-state index contributed by atoms with van der Waals surface area (Å²) >= 11 is 0. The van der Waals surface area contributed by atoms with Crippen LogP contribution in [-0.4, -0.2) is 26.2 Å². The van der Waals surface area contributed by atoms with E-state index in [4.69, 9.17) is 15.2 Å². The predicted molar refractivity (Wildman–Crippen MR) is 181 cm³/mol. The van der Waals surface area contributed by atoms with E-state index in [9.17, 15) is 15.0 Å². The van der Waals surface area contributed by atoms with Crippen LogP contribution in [0.25, 0.3) is 0 Å². The van der Waals surface area contributed by atoms with Gasteiger partial charge in [0.25, 0.3) is 0 Å². The van der Waals surface area contributed by atoms with Crippen LogP contribution in [0.2, 0.25) is 0 Å². The lowest BCUT2D eigenvalue weighted by Gasteiger charge is -2.36. The van der Waals surface area contributed by atoms with Crippen LogP contribution in [0.5, 0.6) is 23.0 Å². The Balaban J connectivity index is 1.23. The number of rotatable bonds is 7. The minimum Gasteiger partial charge on any atom is -0.508 e. The van der Waals surface area contributed by atoms with Gasteiger partial charge in [-0.3, -0.25) is 9.97 Å². The zero-order chi connectivity index (χ0) is 33.5. The summed E-state index contributed by atoms with van der Waals surface area (Å²) in [4.78, 5) is 24.4. The smallest absolute Gasteiger partial charge is 0.340 e. The molecule has 4 N–H and O–H groups in total. The normalized spacial score (nSPS) is 15.7. The van der Waals surface area contributed by atoms with Crippen molar-refractivity contribution in [3.8, 4) is 23.0 Å². The second kappa shape index (κ2) is 11.8. The van der Waals surface area contributed by atoms with Gasteiger partial charge in [0.15, 0.2) is 5.60 Å². The van der Waals surface area contributed by atoms with E-state index in [-0.39, 0.29) is 28.7 Å². The van der Waals surface area contributed by atoms with Gasteiger partial charge in [0.1, 0.15) is 34.4 Å². The first-order valence-corrected chi connectivity index (χ1v) is 15.5. The summed E-state index contributed by atoms with van der Waals surface area (Å²) in [7, 11) is 0. The Kier molecular flexibility index (Phi) is 7.14. The largest absolute Gasteiger partial charge is 0.508 e. The van der Waals surface area contributed by atoms with Crippen molar-refractivity contribution in [2.24, 2.45) is 10.2 Å². The Hall–Kier alpha value is -6.75. The van der Waals surface area contributed by atoms with Crippen LogP contribution in [-0.2, 0) is 23.4 Å². The first-order chi connectivity index (χ1) is 23.9. The topological polar surface area (TPSA) is 156 Å². The molecule has 4 heterocycles. The molecule has 0 bridgehead atoms. The van der Waals surface area contributed by atoms with Gasteiger partial charge in [-0.25, -0.2) is 4.79 Å². The standard InChI is InChI=1S/C38H28N6O5/c39-23-11-14-33(44(21-24-7-3-5-15-40-24)22-25-8-4-6-16-41-25)31(17-23)42-43-32-19-30-36(20-34(32)46)48-35-18-26(45)12-13-29(35)38(30)28-10-2-1-9-27(28)37(47)49-38/h1-20,45-46H,21-22,39H2. The van der Waals surface area contributed by atoms with E-state index >= 15 is 0 Å². The van der Waals surface area contributed by atoms with Crippen LogP contribution in [0.15, 0.2) is 132 Å². The van der Waals surface area contributed by atoms with Gasteiger partial charge in [-0.15, -0.1) is 10.2 Å². The van der Waals surface area contributed by atoms with Crippen LogP contribution >= 0.6 is 0 Å². The molecule has 1 spiro atoms. The van der Waals surface area contributed by atoms with Gasteiger partial charge in [-0.05, 0) is 66.7 Å². The number of nitrogens with two attached hydrogens (primary N) is 1. The number of hydrogen-bond acceptors (Lipinski definition) is 11. The molecule has 2 aliphatic heterocycles. The van der Waals surface area contributed by atoms with Crippen molar-refractivity contribution in [3.63, 3.8) is 0 Å². The molecule has 0 saturated heterocycles. The first kappa shape index (κ1) is 29.6. The maximum Gasteiger partial charge on any atom is 0.340 e. The summed E-state index contributed by atoms with van der Waals surface area (Å²) in [6, 6.07) is 31.6. The van der Waals surface area contributed by atoms with Crippen molar-refractivity contribution >= 4 is 28.7 Å². The third-order valence-corrected chi connectivity index (χ3v) is 8.56. The molecule has 1 atom stereocenters. The predicted octanol–water partition coefficient (Wildman–Crippen LogP) is 7.66. The van der Waals surface area contributed by atoms with Crippen molar-refractivity contribution < 1.29 is 24.5 Å². The number of phenols is 2. The molecule has 11 heteroatoms. The van der Waals surface area contributed by atoms with Crippen LogP contribution in [0.1, 0.15) is 38.4 Å². The lowest BCUT2D eigenvalue weighted by atomic mass is 9.77. The Morgan fingerprint density at radius 3 is 2.14 bits per heavy atom. The van der Waals surface area contributed by atoms with E-state index in [1.54, 1.807) is 48.8 Å². The fourth-order valence-corrected chi connectivity index (χ4v) is 6.36. The van der Waals surface area contributed by atoms with Crippen molar-refractivity contribution in [1.29, 1.82) is 0 Å². The van der Waals surface area contributed by atoms with Crippen molar-refractivity contribution in [2.45, 2.75) is 18.7 Å². The molecule has 4 aromatic carbocycles. The molecule has 0 radical (unpaired) electrons. The average molecular weight is 649 g/mol. The number of aromatic nitrogens is 2. The molecule has 2 aliphatic rings. The Labute approximate surface area is 280 Å². The number of anilines is 2. The molecular weight excluding hydrogens is 620 g/mol. The number of carbonyl (C=O) groups excluding carboxylic acids is 1. The molecule has 11 nitrogen and oxygen atoms in total. The minimum absolute atomic E-state index is 0.0253. The number of benzene rings is 4. The Bertz CT molecular complexity index is 2220. The summed E-state index contributed by atoms with van der Waals surface area (Å²) in [5.74, 6) is -0.230. The third-order valence-electron chi connectivity index (χ3n) is 8.56. The van der Waals surface area contributed by atoms with Gasteiger partial charge in [0.2, 0.25) is 0 Å². The van der Waals surface area contributed by atoms with E-state index in [0.29, 0.717) is 46.7 Å². The van der Waals surface area contributed by atoms with Crippen LogP contribution in [0.3, 0.4) is 0 Å². The fourth-order valence-electron chi connectivity index (χ4n) is 6.36. The monoisotopic (exact) mass is 648 g/mol. The van der Waals surface area contributed by atoms with Crippen LogP contribution in [0.4, 0.5) is 22.7 Å². The SMILES string of the molecule is Nc1ccc(N(Cc2ccccn2)Cc2ccccn2)c(N=Nc2cc3c(cc2O)Oc2cc(O)ccc2C32OC(=O)c3ccccc32)c1. The lowest BCUT2D eigenvalue weighted by Crippen LogP contribution is -2.32. The zero-order valence-electron chi connectivity index (χ0n) is 25.9. The van der Waals surface area contributed by atoms with E-state index in [1.165, 1.54) is 18.2 Å². The number of hydrogen-bond donors (Lipinski definition) is 3. The van der Waals surface area contributed by atoms with Crippen LogP contribution < -0.4 is 15.4 Å². The van der Waals surface area contributed by atoms with Gasteiger partial charge in [-0.1, -0.05) is 30.3 Å². The highest BCUT2D eigenvalue weighted by Gasteiger charge is 2.53. The summed E-state index contributed by atoms with van der Waals surface area (Å²) in [5.41, 5.74) is 10.2. The number of aromatic hydroxyl groups is 2. The van der Waals surface area contributed by atoms with Gasteiger partial charge < -0.3 is 30.3 Å². The molecule has 0 aliphatic carbocycles. The minimum atomic E-state index is -1.42. The highest BCUT2D eigenvalue weighted by atomic mass is 16.6. The van der Waals surface area contributed by atoms with E-state index in [0.717, 1.165) is 17.1 Å². The number of phenolic OH excluding ortho intramolecular Hbond substituents is 2. The number of ether oxygens (including phenoxy) is 2. The number of pyridine rings is 2. The zero-order valence-corrected chi connectivity index (χ0v) is 25.9. The number of fused-ring (bicyclic) bond motifs is 6. The molecule has 6 aromatic rings. The molecule has 1 unspecified atom stereocenters. The van der Waals surface area contributed by atoms with Crippen molar-refractivity contribution in [1.82, 2.24) is 9.97 Å². The summed E-state index contributed by atoms with van der Waals surface area (Å²) in [6.45, 7) is 0.904. The molecule has 8 rings (SSSR count). The van der Waals surface area contributed by atoms with Gasteiger partial charge in [-0.2, -0.15) is 0 Å². The molecule has 49 heavy (non-hydrogen) atoms. The van der Waals surface area contributed by atoms with E-state index in [2.05, 4.69) is 25.1 Å². The maximum atomic E-state index is 13.3. The molecule has 0 fully saturated rings. The maximum absolute atomic E-state index is 13.3. The molecule has 2 aromatic heterocycles. The molecule has 240 valence electrons. The van der Waals surface area contributed by atoms with Gasteiger partial charge in [0.05, 0.1) is 41.3 Å². The molecule has 0 amide bonds. The van der Waals surface area contributed by atoms with Gasteiger partial charge in [0, 0.05) is 41.3 Å². The molecule has 0 saturated carbocycles. The van der Waals surface area contributed by atoms with Crippen LogP contribution in [0, 0.1) is 0 Å². The average Bonchev–Trinajstić information content (AvgIpc) is 3.40.